The van der Waals surface area contributed by atoms with Crippen molar-refractivity contribution in [3.8, 4) is 5.75 Å². The van der Waals surface area contributed by atoms with Gasteiger partial charge >= 0.3 is 11.9 Å². The van der Waals surface area contributed by atoms with Gasteiger partial charge in [0.1, 0.15) is 23.9 Å². The summed E-state index contributed by atoms with van der Waals surface area (Å²) in [5, 5.41) is 35.3. The van der Waals surface area contributed by atoms with Gasteiger partial charge in [-0.15, -0.1) is 0 Å². The summed E-state index contributed by atoms with van der Waals surface area (Å²) in [5.41, 5.74) is 6.62. The van der Waals surface area contributed by atoms with Crippen LogP contribution in [-0.2, 0) is 30.4 Å². The molecule has 0 saturated heterocycles. The first-order valence-corrected chi connectivity index (χ1v) is 13.6. The molecular formula is C25H38N4O8S. The Kier molecular flexibility index (Phi) is 14.2. The summed E-state index contributed by atoms with van der Waals surface area (Å²) in [4.78, 5) is 61.3. The molecule has 13 heteroatoms. The predicted molar refractivity (Wildman–Crippen MR) is 143 cm³/mol. The summed E-state index contributed by atoms with van der Waals surface area (Å²) in [6, 6.07) is 1.51. The quantitative estimate of drug-likeness (QED) is 0.141. The first-order chi connectivity index (χ1) is 17.8. The molecule has 0 radical (unpaired) electrons. The maximum absolute atomic E-state index is 13.3. The smallest absolute Gasteiger partial charge is 0.326 e. The second-order valence-corrected chi connectivity index (χ2v) is 10.3. The minimum Gasteiger partial charge on any atom is -0.508 e. The number of nitrogens with two attached hydrogens (primary N) is 1. The number of carboxylic acids is 2. The van der Waals surface area contributed by atoms with E-state index in [9.17, 15) is 34.2 Å². The highest BCUT2D eigenvalue weighted by molar-refractivity contribution is 7.98. The summed E-state index contributed by atoms with van der Waals surface area (Å²) < 4.78 is 0. The number of carboxylic acid groups (broad SMARTS) is 2. The molecule has 0 heterocycles. The molecule has 4 unspecified atom stereocenters. The van der Waals surface area contributed by atoms with Gasteiger partial charge in [-0.25, -0.2) is 4.79 Å². The van der Waals surface area contributed by atoms with Gasteiger partial charge in [0, 0.05) is 12.8 Å². The largest absolute Gasteiger partial charge is 0.508 e. The molecule has 0 aliphatic carbocycles. The number of amides is 3. The number of hydrogen-bond acceptors (Lipinski definition) is 8. The number of benzene rings is 1. The van der Waals surface area contributed by atoms with Crippen LogP contribution in [-0.4, -0.2) is 81.2 Å². The van der Waals surface area contributed by atoms with Gasteiger partial charge in [-0.3, -0.25) is 19.2 Å². The molecular weight excluding hydrogens is 516 g/mol. The summed E-state index contributed by atoms with van der Waals surface area (Å²) >= 11 is 1.41. The average Bonchev–Trinajstić information content (AvgIpc) is 2.83. The van der Waals surface area contributed by atoms with E-state index in [1.165, 1.54) is 23.9 Å². The first-order valence-electron chi connectivity index (χ1n) is 12.2. The van der Waals surface area contributed by atoms with Gasteiger partial charge in [0.25, 0.3) is 0 Å². The standard InChI is InChI=1S/C25H38N4O8S/c1-14(2)12-17(26)22(33)29-20(13-15-4-6-16(30)7-5-15)24(35)27-18(10-11-38-3)23(34)28-19(25(36)37)8-9-21(31)32/h4-7,14,17-20,30H,8-13,26H2,1-3H3,(H,27,35)(H,28,34)(H,29,33)(H,31,32)(H,36,37). The van der Waals surface area contributed by atoms with E-state index >= 15 is 0 Å². The van der Waals surface area contributed by atoms with Crippen molar-refractivity contribution >= 4 is 41.4 Å². The highest BCUT2D eigenvalue weighted by Gasteiger charge is 2.30. The second-order valence-electron chi connectivity index (χ2n) is 9.34. The Morgan fingerprint density at radius 3 is 1.95 bits per heavy atom. The first kappa shape index (κ1) is 32.7. The van der Waals surface area contributed by atoms with Gasteiger partial charge < -0.3 is 37.0 Å². The number of aliphatic carboxylic acids is 2. The summed E-state index contributed by atoms with van der Waals surface area (Å²) in [5.74, 6) is -3.97. The fourth-order valence-electron chi connectivity index (χ4n) is 3.55. The van der Waals surface area contributed by atoms with Crippen molar-refractivity contribution in [2.75, 3.05) is 12.0 Å². The zero-order valence-corrected chi connectivity index (χ0v) is 22.6. The van der Waals surface area contributed by atoms with Crippen LogP contribution in [0, 0.1) is 5.92 Å². The second kappa shape index (κ2) is 16.5. The lowest BCUT2D eigenvalue weighted by Gasteiger charge is -2.25. The molecule has 0 saturated carbocycles. The van der Waals surface area contributed by atoms with Crippen LogP contribution in [0.2, 0.25) is 0 Å². The van der Waals surface area contributed by atoms with Crippen LogP contribution in [0.15, 0.2) is 24.3 Å². The molecule has 12 nitrogen and oxygen atoms in total. The van der Waals surface area contributed by atoms with Gasteiger partial charge in [-0.05, 0) is 54.9 Å². The van der Waals surface area contributed by atoms with Crippen LogP contribution >= 0.6 is 11.8 Å². The molecule has 0 bridgehead atoms. The van der Waals surface area contributed by atoms with Crippen molar-refractivity contribution in [3.05, 3.63) is 29.8 Å². The Morgan fingerprint density at radius 1 is 0.868 bits per heavy atom. The van der Waals surface area contributed by atoms with Gasteiger partial charge in [0.05, 0.1) is 6.04 Å². The van der Waals surface area contributed by atoms with Crippen molar-refractivity contribution in [2.45, 2.75) is 70.1 Å². The zero-order chi connectivity index (χ0) is 28.8. The predicted octanol–water partition coefficient (Wildman–Crippen LogP) is 0.465. The Hall–Kier alpha value is -3.32. The van der Waals surface area contributed by atoms with Crippen LogP contribution in [0.25, 0.3) is 0 Å². The molecule has 0 aliphatic rings. The Bertz CT molecular complexity index is 957. The Morgan fingerprint density at radius 2 is 1.42 bits per heavy atom. The molecule has 3 amide bonds. The molecule has 38 heavy (non-hydrogen) atoms. The third kappa shape index (κ3) is 12.3. The van der Waals surface area contributed by atoms with E-state index in [0.717, 1.165) is 0 Å². The molecule has 0 aliphatic heterocycles. The number of thioether (sulfide) groups is 1. The minimum absolute atomic E-state index is 0.0300. The molecule has 0 spiro atoms. The van der Waals surface area contributed by atoms with Crippen LogP contribution in [0.4, 0.5) is 0 Å². The molecule has 8 N–H and O–H groups in total. The fraction of sp³-hybridized carbons (Fsp3) is 0.560. The number of hydrogen-bond donors (Lipinski definition) is 7. The van der Waals surface area contributed by atoms with Gasteiger partial charge in [0.2, 0.25) is 17.7 Å². The summed E-state index contributed by atoms with van der Waals surface area (Å²) in [6.45, 7) is 3.81. The third-order valence-corrected chi connectivity index (χ3v) is 6.22. The number of carbonyl (C=O) groups excluding carboxylic acids is 3. The lowest BCUT2D eigenvalue weighted by atomic mass is 10.0. The van der Waals surface area contributed by atoms with Crippen molar-refractivity contribution < 1.29 is 39.3 Å². The zero-order valence-electron chi connectivity index (χ0n) is 21.8. The maximum Gasteiger partial charge on any atom is 0.326 e. The van der Waals surface area contributed by atoms with Crippen molar-refractivity contribution in [2.24, 2.45) is 11.7 Å². The third-order valence-electron chi connectivity index (χ3n) is 5.58. The van der Waals surface area contributed by atoms with E-state index in [2.05, 4.69) is 16.0 Å². The topological polar surface area (TPSA) is 208 Å². The fourth-order valence-corrected chi connectivity index (χ4v) is 4.02. The van der Waals surface area contributed by atoms with Crippen molar-refractivity contribution in [1.29, 1.82) is 0 Å². The van der Waals surface area contributed by atoms with Crippen LogP contribution < -0.4 is 21.7 Å². The van der Waals surface area contributed by atoms with E-state index < -0.39 is 60.2 Å². The number of carbonyl (C=O) groups is 5. The maximum atomic E-state index is 13.3. The number of aromatic hydroxyl groups is 1. The highest BCUT2D eigenvalue weighted by atomic mass is 32.2. The molecule has 1 aromatic rings. The van der Waals surface area contributed by atoms with E-state index in [1.807, 2.05) is 13.8 Å². The Balaban J connectivity index is 3.11. The average molecular weight is 555 g/mol. The number of nitrogens with one attached hydrogen (secondary N) is 3. The summed E-state index contributed by atoms with van der Waals surface area (Å²) in [6.07, 6.45) is 1.61. The van der Waals surface area contributed by atoms with Crippen molar-refractivity contribution in [3.63, 3.8) is 0 Å². The van der Waals surface area contributed by atoms with Gasteiger partial charge in [-0.1, -0.05) is 26.0 Å². The number of phenolic OH excluding ortho intramolecular Hbond substituents is 1. The van der Waals surface area contributed by atoms with Crippen molar-refractivity contribution in [1.82, 2.24) is 16.0 Å². The Labute approximate surface area is 226 Å². The van der Waals surface area contributed by atoms with E-state index in [0.29, 0.717) is 17.7 Å². The van der Waals surface area contributed by atoms with Crippen LogP contribution in [0.5, 0.6) is 5.75 Å². The molecule has 1 rings (SSSR count). The minimum atomic E-state index is -1.45. The molecule has 212 valence electrons. The summed E-state index contributed by atoms with van der Waals surface area (Å²) in [7, 11) is 0. The normalized spacial score (nSPS) is 14.1. The van der Waals surface area contributed by atoms with Crippen LogP contribution in [0.3, 0.4) is 0 Å². The van der Waals surface area contributed by atoms with E-state index in [-0.39, 0.29) is 30.9 Å². The molecule has 4 atom stereocenters. The number of rotatable bonds is 17. The molecule has 1 aromatic carbocycles. The lowest BCUT2D eigenvalue weighted by Crippen LogP contribution is -2.57. The van der Waals surface area contributed by atoms with E-state index in [4.69, 9.17) is 10.8 Å². The van der Waals surface area contributed by atoms with Gasteiger partial charge in [0.15, 0.2) is 0 Å². The SMILES string of the molecule is CSCCC(NC(=O)C(Cc1ccc(O)cc1)NC(=O)C(N)CC(C)C)C(=O)NC(CCC(=O)O)C(=O)O. The van der Waals surface area contributed by atoms with Gasteiger partial charge in [-0.2, -0.15) is 11.8 Å². The van der Waals surface area contributed by atoms with E-state index in [1.54, 1.807) is 18.4 Å². The molecule has 0 fully saturated rings. The molecule has 0 aromatic heterocycles. The highest BCUT2D eigenvalue weighted by Crippen LogP contribution is 2.13. The number of phenols is 1. The van der Waals surface area contributed by atoms with Crippen LogP contribution in [0.1, 0.15) is 45.1 Å². The monoisotopic (exact) mass is 554 g/mol. The lowest BCUT2D eigenvalue weighted by molar-refractivity contribution is -0.143.